The summed E-state index contributed by atoms with van der Waals surface area (Å²) in [6.07, 6.45) is 0.853. The predicted molar refractivity (Wildman–Crippen MR) is 105 cm³/mol. The summed E-state index contributed by atoms with van der Waals surface area (Å²) in [4.78, 5) is 38.3. The molecule has 0 unspecified atom stereocenters. The van der Waals surface area contributed by atoms with Gasteiger partial charge in [-0.05, 0) is 41.6 Å². The van der Waals surface area contributed by atoms with Crippen LogP contribution < -0.4 is 16.0 Å². The number of nitrogens with zero attached hydrogens (tertiary/aromatic N) is 3. The van der Waals surface area contributed by atoms with Crippen molar-refractivity contribution in [1.29, 1.82) is 0 Å². The minimum atomic E-state index is -0.585. The van der Waals surface area contributed by atoms with Crippen LogP contribution in [0.3, 0.4) is 0 Å². The molecule has 9 heteroatoms. The largest absolute Gasteiger partial charge is 0.437 e. The highest BCUT2D eigenvalue weighted by Crippen LogP contribution is 2.30. The van der Waals surface area contributed by atoms with Crippen molar-refractivity contribution in [3.05, 3.63) is 51.8 Å². The van der Waals surface area contributed by atoms with E-state index in [-0.39, 0.29) is 30.7 Å². The maximum atomic E-state index is 12.3. The zero-order valence-corrected chi connectivity index (χ0v) is 16.0. The fourth-order valence-electron chi connectivity index (χ4n) is 3.18. The zero-order chi connectivity index (χ0) is 19.7. The molecule has 0 aliphatic carbocycles. The topological polar surface area (TPSA) is 97.4 Å². The molecule has 8 nitrogen and oxygen atoms in total. The number of aryl methyl sites for hydroxylation is 1. The molecule has 3 aromatic rings. The molecule has 0 atom stereocenters. The number of amides is 2. The number of rotatable bonds is 5. The minimum absolute atomic E-state index is 0.00973. The molecule has 0 fully saturated rings. The lowest BCUT2D eigenvalue weighted by molar-refractivity contribution is -0.117. The van der Waals surface area contributed by atoms with Gasteiger partial charge in [0, 0.05) is 31.3 Å². The fraction of sp³-hybridized carbons (Fsp3) is 0.263. The second-order valence-electron chi connectivity index (χ2n) is 6.44. The molecule has 1 aliphatic rings. The molecule has 1 aromatic carbocycles. The van der Waals surface area contributed by atoms with Crippen LogP contribution in [0.25, 0.3) is 10.8 Å². The third-order valence-electron chi connectivity index (χ3n) is 4.53. The van der Waals surface area contributed by atoms with E-state index >= 15 is 0 Å². The Hall–Kier alpha value is -3.20. The summed E-state index contributed by atoms with van der Waals surface area (Å²) in [7, 11) is 0. The SMILES string of the molecule is CC(=O)N1CCc2cc(NC(=O)CCn3nc(-c4cccs4)oc3=O)ccc21. The average molecular weight is 398 g/mol. The van der Waals surface area contributed by atoms with Gasteiger partial charge in [0.25, 0.3) is 5.89 Å². The number of fused-ring (bicyclic) bond motifs is 1. The highest BCUT2D eigenvalue weighted by atomic mass is 32.1. The summed E-state index contributed by atoms with van der Waals surface area (Å²) in [5.41, 5.74) is 2.59. The lowest BCUT2D eigenvalue weighted by Crippen LogP contribution is -2.25. The summed E-state index contributed by atoms with van der Waals surface area (Å²) in [6, 6.07) is 9.16. The van der Waals surface area contributed by atoms with Crippen molar-refractivity contribution in [2.75, 3.05) is 16.8 Å². The fourth-order valence-corrected chi connectivity index (χ4v) is 3.83. The number of aromatic nitrogens is 2. The molecule has 4 rings (SSSR count). The Morgan fingerprint density at radius 1 is 1.32 bits per heavy atom. The first-order valence-corrected chi connectivity index (χ1v) is 9.72. The van der Waals surface area contributed by atoms with Gasteiger partial charge < -0.3 is 14.6 Å². The van der Waals surface area contributed by atoms with Gasteiger partial charge >= 0.3 is 5.76 Å². The van der Waals surface area contributed by atoms with Gasteiger partial charge in [-0.15, -0.1) is 16.4 Å². The molecule has 3 heterocycles. The van der Waals surface area contributed by atoms with Gasteiger partial charge in [0.15, 0.2) is 0 Å². The first-order chi connectivity index (χ1) is 13.5. The summed E-state index contributed by atoms with van der Waals surface area (Å²) in [5, 5.41) is 8.83. The van der Waals surface area contributed by atoms with E-state index in [9.17, 15) is 14.4 Å². The monoisotopic (exact) mass is 398 g/mol. The summed E-state index contributed by atoms with van der Waals surface area (Å²) >= 11 is 1.42. The van der Waals surface area contributed by atoms with E-state index in [1.807, 2.05) is 29.6 Å². The van der Waals surface area contributed by atoms with Gasteiger partial charge in [0.1, 0.15) is 0 Å². The van der Waals surface area contributed by atoms with Crippen LogP contribution >= 0.6 is 11.3 Å². The van der Waals surface area contributed by atoms with E-state index in [0.717, 1.165) is 27.2 Å². The summed E-state index contributed by atoms with van der Waals surface area (Å²) in [5.74, 6) is -0.545. The molecular weight excluding hydrogens is 380 g/mol. The van der Waals surface area contributed by atoms with E-state index in [1.54, 1.807) is 17.9 Å². The van der Waals surface area contributed by atoms with Gasteiger partial charge in [-0.2, -0.15) is 4.68 Å². The van der Waals surface area contributed by atoms with E-state index in [4.69, 9.17) is 4.42 Å². The van der Waals surface area contributed by atoms with Crippen LogP contribution in [0.2, 0.25) is 0 Å². The van der Waals surface area contributed by atoms with Crippen molar-refractivity contribution in [1.82, 2.24) is 9.78 Å². The van der Waals surface area contributed by atoms with Crippen LogP contribution in [0, 0.1) is 0 Å². The maximum Gasteiger partial charge on any atom is 0.437 e. The number of benzene rings is 1. The quantitative estimate of drug-likeness (QED) is 0.712. The van der Waals surface area contributed by atoms with Crippen LogP contribution in [0.15, 0.2) is 44.9 Å². The second kappa shape index (κ2) is 7.43. The number of hydrogen-bond donors (Lipinski definition) is 1. The van der Waals surface area contributed by atoms with Gasteiger partial charge in [-0.3, -0.25) is 9.59 Å². The summed E-state index contributed by atoms with van der Waals surface area (Å²) in [6.45, 7) is 2.33. The van der Waals surface area contributed by atoms with Crippen LogP contribution in [0.1, 0.15) is 18.9 Å². The van der Waals surface area contributed by atoms with Gasteiger partial charge in [-0.25, -0.2) is 4.79 Å². The number of anilines is 2. The number of nitrogens with one attached hydrogen (secondary N) is 1. The molecule has 0 bridgehead atoms. The zero-order valence-electron chi connectivity index (χ0n) is 15.2. The molecule has 1 aliphatic heterocycles. The molecule has 2 aromatic heterocycles. The Bertz CT molecular complexity index is 1080. The highest BCUT2D eigenvalue weighted by molar-refractivity contribution is 7.13. The first kappa shape index (κ1) is 18.2. The lowest BCUT2D eigenvalue weighted by Gasteiger charge is -2.15. The van der Waals surface area contributed by atoms with Crippen molar-refractivity contribution in [3.63, 3.8) is 0 Å². The molecule has 0 spiro atoms. The molecule has 28 heavy (non-hydrogen) atoms. The Balaban J connectivity index is 1.38. The predicted octanol–water partition coefficient (Wildman–Crippen LogP) is 2.50. The van der Waals surface area contributed by atoms with Gasteiger partial charge in [0.2, 0.25) is 11.8 Å². The number of hydrogen-bond acceptors (Lipinski definition) is 6. The van der Waals surface area contributed by atoms with Gasteiger partial charge in [0.05, 0.1) is 11.4 Å². The Morgan fingerprint density at radius 3 is 2.93 bits per heavy atom. The normalized spacial score (nSPS) is 12.8. The minimum Gasteiger partial charge on any atom is -0.387 e. The van der Waals surface area contributed by atoms with Crippen molar-refractivity contribution >= 4 is 34.5 Å². The third-order valence-corrected chi connectivity index (χ3v) is 5.39. The molecule has 2 amide bonds. The van der Waals surface area contributed by atoms with Crippen molar-refractivity contribution in [2.45, 2.75) is 26.3 Å². The highest BCUT2D eigenvalue weighted by Gasteiger charge is 2.22. The smallest absolute Gasteiger partial charge is 0.387 e. The van der Waals surface area contributed by atoms with Crippen LogP contribution in [-0.4, -0.2) is 28.1 Å². The molecule has 0 saturated heterocycles. The average Bonchev–Trinajstić information content (AvgIpc) is 3.39. The third kappa shape index (κ3) is 3.61. The number of thiophene rings is 1. The van der Waals surface area contributed by atoms with E-state index in [2.05, 4.69) is 10.4 Å². The molecule has 1 N–H and O–H groups in total. The van der Waals surface area contributed by atoms with Crippen LogP contribution in [-0.2, 0) is 22.6 Å². The van der Waals surface area contributed by atoms with Crippen molar-refractivity contribution < 1.29 is 14.0 Å². The molecule has 0 radical (unpaired) electrons. The molecule has 144 valence electrons. The van der Waals surface area contributed by atoms with Crippen LogP contribution in [0.5, 0.6) is 0 Å². The van der Waals surface area contributed by atoms with Crippen LogP contribution in [0.4, 0.5) is 11.4 Å². The number of carbonyl (C=O) groups is 2. The van der Waals surface area contributed by atoms with Crippen molar-refractivity contribution in [2.24, 2.45) is 0 Å². The van der Waals surface area contributed by atoms with E-state index in [0.29, 0.717) is 12.2 Å². The van der Waals surface area contributed by atoms with Gasteiger partial charge in [-0.1, -0.05) is 6.07 Å². The van der Waals surface area contributed by atoms with E-state index in [1.165, 1.54) is 11.3 Å². The standard InChI is InChI=1S/C19H18N4O4S/c1-12(24)22-8-6-13-11-14(4-5-15(13)22)20-17(25)7-9-23-19(26)27-18(21-23)16-3-2-10-28-16/h2-5,10-11H,6-9H2,1H3,(H,20,25). The molecule has 0 saturated carbocycles. The van der Waals surface area contributed by atoms with E-state index < -0.39 is 5.76 Å². The first-order valence-electron chi connectivity index (χ1n) is 8.84. The maximum absolute atomic E-state index is 12.3. The Morgan fingerprint density at radius 2 is 2.18 bits per heavy atom. The number of carbonyl (C=O) groups excluding carboxylic acids is 2. The summed E-state index contributed by atoms with van der Waals surface area (Å²) < 4.78 is 6.29. The second-order valence-corrected chi connectivity index (χ2v) is 7.38. The van der Waals surface area contributed by atoms with Crippen molar-refractivity contribution in [3.8, 4) is 10.8 Å². The lowest BCUT2D eigenvalue weighted by atomic mass is 10.1. The Labute approximate surface area is 164 Å². The Kier molecular flexibility index (Phi) is 4.82. The molecular formula is C19H18N4O4S.